The van der Waals surface area contributed by atoms with Crippen molar-refractivity contribution >= 4 is 12.1 Å². The van der Waals surface area contributed by atoms with Crippen LogP contribution in [0.5, 0.6) is 0 Å². The molecule has 6 atom stereocenters. The molecule has 0 saturated heterocycles. The lowest BCUT2D eigenvalue weighted by molar-refractivity contribution is -0.158. The van der Waals surface area contributed by atoms with Crippen LogP contribution in [0.1, 0.15) is 58.8 Å². The van der Waals surface area contributed by atoms with Crippen molar-refractivity contribution in [2.24, 2.45) is 34.5 Å². The van der Waals surface area contributed by atoms with Crippen molar-refractivity contribution in [2.75, 3.05) is 6.61 Å². The molecule has 128 valence electrons. The molecule has 0 spiro atoms. The molecule has 0 unspecified atom stereocenters. The second-order valence-electron chi connectivity index (χ2n) is 8.75. The van der Waals surface area contributed by atoms with E-state index in [0.717, 1.165) is 50.4 Å². The average molecular weight is 318 g/mol. The van der Waals surface area contributed by atoms with Gasteiger partial charge in [-0.3, -0.25) is 4.79 Å². The zero-order chi connectivity index (χ0) is 16.8. The first kappa shape index (κ1) is 16.9. The Morgan fingerprint density at radius 2 is 2.09 bits per heavy atom. The van der Waals surface area contributed by atoms with Gasteiger partial charge in [-0.15, -0.1) is 0 Å². The molecule has 0 aromatic carbocycles. The molecule has 0 amide bonds. The maximum absolute atomic E-state index is 12.9. The quantitative estimate of drug-likeness (QED) is 0.639. The number of aliphatic hydroxyl groups excluding tert-OH is 1. The van der Waals surface area contributed by atoms with Crippen LogP contribution in [0.25, 0.3) is 0 Å². The highest BCUT2D eigenvalue weighted by atomic mass is 16.3. The van der Waals surface area contributed by atoms with E-state index in [-0.39, 0.29) is 35.2 Å². The van der Waals surface area contributed by atoms with Gasteiger partial charge in [0.25, 0.3) is 0 Å². The molecular weight excluding hydrogens is 288 g/mol. The highest BCUT2D eigenvalue weighted by Gasteiger charge is 2.59. The number of rotatable bonds is 3. The van der Waals surface area contributed by atoms with Gasteiger partial charge in [0.1, 0.15) is 12.1 Å². The molecule has 3 aliphatic carbocycles. The molecule has 0 radical (unpaired) electrons. The minimum absolute atomic E-state index is 0.0271. The van der Waals surface area contributed by atoms with Gasteiger partial charge in [-0.05, 0) is 60.8 Å². The van der Waals surface area contributed by atoms with E-state index >= 15 is 0 Å². The third-order valence-corrected chi connectivity index (χ3v) is 7.59. The van der Waals surface area contributed by atoms with Crippen LogP contribution in [-0.2, 0) is 9.59 Å². The number of hydrogen-bond acceptors (Lipinski definition) is 3. The third kappa shape index (κ3) is 2.52. The second-order valence-corrected chi connectivity index (χ2v) is 8.75. The van der Waals surface area contributed by atoms with E-state index in [4.69, 9.17) is 0 Å². The van der Waals surface area contributed by atoms with Gasteiger partial charge >= 0.3 is 0 Å². The van der Waals surface area contributed by atoms with Gasteiger partial charge in [0.15, 0.2) is 0 Å². The SMILES string of the molecule is C=C(CO)[C@H]1CC[C@H]2[C@H](C1)C(=O)C[C@@H]1[C@]2(C)CCC[C@]1(C)C=O. The third-order valence-electron chi connectivity index (χ3n) is 7.59. The maximum atomic E-state index is 12.9. The van der Waals surface area contributed by atoms with Gasteiger partial charge in [0.05, 0.1) is 6.61 Å². The van der Waals surface area contributed by atoms with E-state index < -0.39 is 0 Å². The predicted molar refractivity (Wildman–Crippen MR) is 89.8 cm³/mol. The fourth-order valence-electron chi connectivity index (χ4n) is 6.17. The van der Waals surface area contributed by atoms with Crippen LogP contribution in [0.2, 0.25) is 0 Å². The fraction of sp³-hybridized carbons (Fsp3) is 0.800. The van der Waals surface area contributed by atoms with Gasteiger partial charge in [-0.2, -0.15) is 0 Å². The predicted octanol–water partition coefficient (Wildman–Crippen LogP) is 3.55. The van der Waals surface area contributed by atoms with Crippen molar-refractivity contribution in [1.29, 1.82) is 0 Å². The molecule has 0 bridgehead atoms. The Labute approximate surface area is 139 Å². The van der Waals surface area contributed by atoms with Crippen molar-refractivity contribution in [3.63, 3.8) is 0 Å². The van der Waals surface area contributed by atoms with E-state index in [1.165, 1.54) is 0 Å². The number of aldehydes is 1. The lowest BCUT2D eigenvalue weighted by atomic mass is 9.43. The van der Waals surface area contributed by atoms with E-state index in [0.29, 0.717) is 18.1 Å². The Morgan fingerprint density at radius 3 is 2.74 bits per heavy atom. The topological polar surface area (TPSA) is 54.4 Å². The van der Waals surface area contributed by atoms with Gasteiger partial charge < -0.3 is 9.90 Å². The Morgan fingerprint density at radius 1 is 1.35 bits per heavy atom. The fourth-order valence-corrected chi connectivity index (χ4v) is 6.17. The summed E-state index contributed by atoms with van der Waals surface area (Å²) >= 11 is 0. The maximum Gasteiger partial charge on any atom is 0.136 e. The minimum Gasteiger partial charge on any atom is -0.392 e. The van der Waals surface area contributed by atoms with Crippen LogP contribution in [0.4, 0.5) is 0 Å². The monoisotopic (exact) mass is 318 g/mol. The van der Waals surface area contributed by atoms with E-state index in [1.54, 1.807) is 0 Å². The first-order valence-electron chi connectivity index (χ1n) is 9.13. The molecule has 3 fully saturated rings. The minimum atomic E-state index is -0.334. The summed E-state index contributed by atoms with van der Waals surface area (Å²) in [5.74, 6) is 1.34. The first-order valence-corrected chi connectivity index (χ1v) is 9.13. The molecule has 0 heterocycles. The highest BCUT2D eigenvalue weighted by molar-refractivity contribution is 5.84. The molecule has 3 aliphatic rings. The molecule has 23 heavy (non-hydrogen) atoms. The lowest BCUT2D eigenvalue weighted by Crippen LogP contribution is -2.57. The zero-order valence-electron chi connectivity index (χ0n) is 14.5. The molecule has 1 N–H and O–H groups in total. The lowest BCUT2D eigenvalue weighted by Gasteiger charge is -2.59. The Balaban J connectivity index is 1.90. The number of fused-ring (bicyclic) bond motifs is 3. The summed E-state index contributed by atoms with van der Waals surface area (Å²) < 4.78 is 0. The zero-order valence-corrected chi connectivity index (χ0v) is 14.5. The summed E-state index contributed by atoms with van der Waals surface area (Å²) in [6.45, 7) is 8.42. The molecule has 3 rings (SSSR count). The van der Waals surface area contributed by atoms with Crippen molar-refractivity contribution < 1.29 is 14.7 Å². The summed E-state index contributed by atoms with van der Waals surface area (Å²) in [5, 5.41) is 9.36. The number of ketones is 1. The van der Waals surface area contributed by atoms with Crippen molar-refractivity contribution in [2.45, 2.75) is 58.8 Å². The standard InChI is InChI=1S/C20H30O3/c1-13(11-21)14-5-6-16-15(9-14)17(23)10-18-19(2,12-22)7-4-8-20(16,18)3/h12,14-16,18,21H,1,4-11H2,2-3H3/t14-,15-,16-,18-,19+,20+/m0/s1. The second kappa shape index (κ2) is 5.84. The smallest absolute Gasteiger partial charge is 0.136 e. The van der Waals surface area contributed by atoms with Crippen LogP contribution in [-0.4, -0.2) is 23.8 Å². The number of carbonyl (C=O) groups is 2. The first-order chi connectivity index (χ1) is 10.9. The van der Waals surface area contributed by atoms with Crippen LogP contribution in [0, 0.1) is 34.5 Å². The summed E-state index contributed by atoms with van der Waals surface area (Å²) in [6.07, 6.45) is 7.74. The molecule has 3 heteroatoms. The Hall–Kier alpha value is -0.960. The summed E-state index contributed by atoms with van der Waals surface area (Å²) in [6, 6.07) is 0. The van der Waals surface area contributed by atoms with E-state index in [2.05, 4.69) is 20.4 Å². The largest absolute Gasteiger partial charge is 0.392 e. The Bertz CT molecular complexity index is 525. The van der Waals surface area contributed by atoms with E-state index in [9.17, 15) is 14.7 Å². The van der Waals surface area contributed by atoms with Crippen LogP contribution in [0.3, 0.4) is 0 Å². The molecule has 0 aromatic rings. The number of hydrogen-bond donors (Lipinski definition) is 1. The molecule has 0 aliphatic heterocycles. The molecule has 3 nitrogen and oxygen atoms in total. The molecular formula is C20H30O3. The summed E-state index contributed by atoms with van der Waals surface area (Å²) in [5.41, 5.74) is 0.655. The van der Waals surface area contributed by atoms with Crippen molar-refractivity contribution in [3.8, 4) is 0 Å². The number of Topliss-reactive ketones (excluding diaryl/α,β-unsaturated/α-hetero) is 1. The number of aliphatic hydroxyl groups is 1. The average Bonchev–Trinajstić information content (AvgIpc) is 2.56. The van der Waals surface area contributed by atoms with Crippen molar-refractivity contribution in [1.82, 2.24) is 0 Å². The number of carbonyl (C=O) groups excluding carboxylic acids is 2. The van der Waals surface area contributed by atoms with Crippen LogP contribution >= 0.6 is 0 Å². The van der Waals surface area contributed by atoms with Crippen LogP contribution < -0.4 is 0 Å². The van der Waals surface area contributed by atoms with Crippen molar-refractivity contribution in [3.05, 3.63) is 12.2 Å². The van der Waals surface area contributed by atoms with Gasteiger partial charge in [0, 0.05) is 17.8 Å². The highest BCUT2D eigenvalue weighted by Crippen LogP contribution is 2.63. The molecule has 3 saturated carbocycles. The summed E-state index contributed by atoms with van der Waals surface area (Å²) in [7, 11) is 0. The summed E-state index contributed by atoms with van der Waals surface area (Å²) in [4.78, 5) is 24.7. The van der Waals surface area contributed by atoms with Gasteiger partial charge in [-0.25, -0.2) is 0 Å². The van der Waals surface area contributed by atoms with Crippen LogP contribution in [0.15, 0.2) is 12.2 Å². The molecule has 0 aromatic heterocycles. The van der Waals surface area contributed by atoms with E-state index in [1.807, 2.05) is 0 Å². The van der Waals surface area contributed by atoms with Gasteiger partial charge in [-0.1, -0.05) is 26.8 Å². The van der Waals surface area contributed by atoms with Gasteiger partial charge in [0.2, 0.25) is 0 Å². The normalized spacial score (nSPS) is 46.7. The Kier molecular flexibility index (Phi) is 4.29.